The highest BCUT2D eigenvalue weighted by Crippen LogP contribution is 2.22. The third kappa shape index (κ3) is 4.50. The molecule has 1 atom stereocenters. The molecule has 0 amide bonds. The van der Waals surface area contributed by atoms with E-state index in [9.17, 15) is 4.39 Å². The summed E-state index contributed by atoms with van der Waals surface area (Å²) in [7, 11) is 0. The second kappa shape index (κ2) is 6.87. The molecule has 92 valence electrons. The second-order valence-electron chi connectivity index (χ2n) is 4.58. The summed E-state index contributed by atoms with van der Waals surface area (Å²) in [4.78, 5) is 0. The van der Waals surface area contributed by atoms with Crippen LogP contribution in [0.4, 0.5) is 4.39 Å². The van der Waals surface area contributed by atoms with E-state index < -0.39 is 0 Å². The third-order valence-corrected chi connectivity index (χ3v) is 2.69. The molecule has 1 nitrogen and oxygen atoms in total. The fourth-order valence-corrected chi connectivity index (χ4v) is 1.72. The van der Waals surface area contributed by atoms with Gasteiger partial charge in [0.2, 0.25) is 0 Å². The lowest BCUT2D eigenvalue weighted by Crippen LogP contribution is -2.12. The molecule has 16 heavy (non-hydrogen) atoms. The van der Waals surface area contributed by atoms with Crippen LogP contribution in [-0.2, 0) is 0 Å². The number of benzene rings is 1. The van der Waals surface area contributed by atoms with E-state index in [0.29, 0.717) is 5.92 Å². The predicted molar refractivity (Wildman–Crippen MR) is 69.4 cm³/mol. The topological polar surface area (TPSA) is 26.0 Å². The minimum Gasteiger partial charge on any atom is -0.324 e. The Balaban J connectivity index is 0.00000225. The molecule has 0 unspecified atom stereocenters. The van der Waals surface area contributed by atoms with Gasteiger partial charge in [-0.05, 0) is 48.9 Å². The number of rotatable bonds is 4. The number of aryl methyl sites for hydroxylation is 1. The second-order valence-corrected chi connectivity index (χ2v) is 4.58. The zero-order valence-corrected chi connectivity index (χ0v) is 11.0. The van der Waals surface area contributed by atoms with Gasteiger partial charge in [-0.2, -0.15) is 0 Å². The first-order chi connectivity index (χ1) is 7.00. The molecular weight excluding hydrogens is 225 g/mol. The van der Waals surface area contributed by atoms with Crippen LogP contribution < -0.4 is 5.73 Å². The quantitative estimate of drug-likeness (QED) is 0.853. The van der Waals surface area contributed by atoms with Gasteiger partial charge in [-0.25, -0.2) is 4.39 Å². The van der Waals surface area contributed by atoms with Gasteiger partial charge >= 0.3 is 0 Å². The van der Waals surface area contributed by atoms with Crippen molar-refractivity contribution in [2.24, 2.45) is 11.7 Å². The van der Waals surface area contributed by atoms with Gasteiger partial charge in [0.15, 0.2) is 0 Å². The Morgan fingerprint density at radius 3 is 2.38 bits per heavy atom. The minimum absolute atomic E-state index is 0. The third-order valence-electron chi connectivity index (χ3n) is 2.69. The van der Waals surface area contributed by atoms with Crippen molar-refractivity contribution in [2.45, 2.75) is 39.7 Å². The zero-order valence-electron chi connectivity index (χ0n) is 10.2. The number of halogens is 2. The standard InChI is InChI=1S/C13H20FN.ClH/c1-9(2)4-7-13(15)12-6-5-11(14)8-10(12)3;/h5-6,8-9,13H,4,7,15H2,1-3H3;1H/t13-;/m0./s1. The van der Waals surface area contributed by atoms with Crippen molar-refractivity contribution in [2.75, 3.05) is 0 Å². The van der Waals surface area contributed by atoms with Gasteiger partial charge in [-0.15, -0.1) is 12.4 Å². The maximum Gasteiger partial charge on any atom is 0.123 e. The average molecular weight is 246 g/mol. The number of hydrogen-bond acceptors (Lipinski definition) is 1. The van der Waals surface area contributed by atoms with Crippen molar-refractivity contribution in [1.29, 1.82) is 0 Å². The fraction of sp³-hybridized carbons (Fsp3) is 0.538. The van der Waals surface area contributed by atoms with Gasteiger partial charge in [0.25, 0.3) is 0 Å². The molecule has 0 aliphatic heterocycles. The molecule has 0 spiro atoms. The molecule has 0 saturated heterocycles. The van der Waals surface area contributed by atoms with E-state index in [4.69, 9.17) is 5.73 Å². The highest BCUT2D eigenvalue weighted by Gasteiger charge is 2.10. The molecular formula is C13H21ClFN. The monoisotopic (exact) mass is 245 g/mol. The SMILES string of the molecule is Cc1cc(F)ccc1[C@@H](N)CCC(C)C.Cl. The van der Waals surface area contributed by atoms with E-state index in [1.807, 2.05) is 6.92 Å². The summed E-state index contributed by atoms with van der Waals surface area (Å²) in [5.74, 6) is 0.476. The summed E-state index contributed by atoms with van der Waals surface area (Å²) >= 11 is 0. The number of hydrogen-bond donors (Lipinski definition) is 1. The van der Waals surface area contributed by atoms with Gasteiger partial charge in [-0.3, -0.25) is 0 Å². The van der Waals surface area contributed by atoms with Crippen LogP contribution in [0.15, 0.2) is 18.2 Å². The summed E-state index contributed by atoms with van der Waals surface area (Å²) in [6.07, 6.45) is 2.07. The molecule has 0 heterocycles. The van der Waals surface area contributed by atoms with Crippen LogP contribution in [-0.4, -0.2) is 0 Å². The van der Waals surface area contributed by atoms with Crippen LogP contribution >= 0.6 is 12.4 Å². The molecule has 0 aromatic heterocycles. The van der Waals surface area contributed by atoms with E-state index in [1.165, 1.54) is 6.07 Å². The fourth-order valence-electron chi connectivity index (χ4n) is 1.72. The molecule has 0 aliphatic carbocycles. The highest BCUT2D eigenvalue weighted by atomic mass is 35.5. The van der Waals surface area contributed by atoms with E-state index in [2.05, 4.69) is 13.8 Å². The van der Waals surface area contributed by atoms with Crippen molar-refractivity contribution >= 4 is 12.4 Å². The molecule has 3 heteroatoms. The molecule has 0 fully saturated rings. The molecule has 1 aromatic carbocycles. The smallest absolute Gasteiger partial charge is 0.123 e. The molecule has 0 bridgehead atoms. The predicted octanol–water partition coefficient (Wildman–Crippen LogP) is 3.99. The van der Waals surface area contributed by atoms with Crippen molar-refractivity contribution in [3.05, 3.63) is 35.1 Å². The Morgan fingerprint density at radius 2 is 1.88 bits per heavy atom. The molecule has 0 aliphatic rings. The van der Waals surface area contributed by atoms with Gasteiger partial charge in [0, 0.05) is 6.04 Å². The molecule has 1 rings (SSSR count). The van der Waals surface area contributed by atoms with Crippen LogP contribution in [0.5, 0.6) is 0 Å². The summed E-state index contributed by atoms with van der Waals surface area (Å²) in [5.41, 5.74) is 8.09. The van der Waals surface area contributed by atoms with Gasteiger partial charge in [0.05, 0.1) is 0 Å². The summed E-state index contributed by atoms with van der Waals surface area (Å²) in [6, 6.07) is 4.87. The normalized spacial score (nSPS) is 12.4. The summed E-state index contributed by atoms with van der Waals surface area (Å²) in [5, 5.41) is 0. The van der Waals surface area contributed by atoms with Gasteiger partial charge in [-0.1, -0.05) is 19.9 Å². The highest BCUT2D eigenvalue weighted by molar-refractivity contribution is 5.85. The Bertz CT molecular complexity index is 326. The van der Waals surface area contributed by atoms with Crippen LogP contribution in [0.25, 0.3) is 0 Å². The summed E-state index contributed by atoms with van der Waals surface area (Å²) in [6.45, 7) is 6.28. The largest absolute Gasteiger partial charge is 0.324 e. The van der Waals surface area contributed by atoms with Crippen LogP contribution in [0.1, 0.15) is 43.9 Å². The summed E-state index contributed by atoms with van der Waals surface area (Å²) < 4.78 is 12.9. The van der Waals surface area contributed by atoms with Gasteiger partial charge in [0.1, 0.15) is 5.82 Å². The van der Waals surface area contributed by atoms with E-state index in [-0.39, 0.29) is 24.3 Å². The van der Waals surface area contributed by atoms with Crippen LogP contribution in [0.3, 0.4) is 0 Å². The van der Waals surface area contributed by atoms with Crippen LogP contribution in [0.2, 0.25) is 0 Å². The van der Waals surface area contributed by atoms with E-state index in [1.54, 1.807) is 12.1 Å². The van der Waals surface area contributed by atoms with Crippen molar-refractivity contribution in [3.63, 3.8) is 0 Å². The van der Waals surface area contributed by atoms with Crippen molar-refractivity contribution < 1.29 is 4.39 Å². The first-order valence-electron chi connectivity index (χ1n) is 5.52. The lowest BCUT2D eigenvalue weighted by molar-refractivity contribution is 0.505. The van der Waals surface area contributed by atoms with Crippen molar-refractivity contribution in [3.8, 4) is 0 Å². The number of nitrogens with two attached hydrogens (primary N) is 1. The Morgan fingerprint density at radius 1 is 1.25 bits per heavy atom. The van der Waals surface area contributed by atoms with Crippen LogP contribution in [0, 0.1) is 18.7 Å². The Hall–Kier alpha value is -0.600. The van der Waals surface area contributed by atoms with E-state index >= 15 is 0 Å². The Kier molecular flexibility index (Phi) is 6.61. The molecule has 0 radical (unpaired) electrons. The lowest BCUT2D eigenvalue weighted by Gasteiger charge is -2.15. The van der Waals surface area contributed by atoms with Gasteiger partial charge < -0.3 is 5.73 Å². The first-order valence-corrected chi connectivity index (χ1v) is 5.52. The van der Waals surface area contributed by atoms with E-state index in [0.717, 1.165) is 24.0 Å². The zero-order chi connectivity index (χ0) is 11.4. The van der Waals surface area contributed by atoms with Crippen molar-refractivity contribution in [1.82, 2.24) is 0 Å². The maximum absolute atomic E-state index is 12.9. The molecule has 1 aromatic rings. The molecule has 0 saturated carbocycles. The maximum atomic E-state index is 12.9. The lowest BCUT2D eigenvalue weighted by atomic mass is 9.95. The minimum atomic E-state index is -0.188. The molecule has 2 N–H and O–H groups in total. The average Bonchev–Trinajstić information content (AvgIpc) is 2.14. The first kappa shape index (κ1) is 15.4. The Labute approximate surface area is 104 Å².